The fourth-order valence-electron chi connectivity index (χ4n) is 4.52. The van der Waals surface area contributed by atoms with Gasteiger partial charge in [0.15, 0.2) is 0 Å². The van der Waals surface area contributed by atoms with Crippen molar-refractivity contribution in [2.45, 2.75) is 31.5 Å². The number of aromatic carboxylic acids is 1. The molecule has 1 aliphatic rings. The molecule has 4 rings (SSSR count). The van der Waals surface area contributed by atoms with E-state index in [9.17, 15) is 9.90 Å². The largest absolute Gasteiger partial charge is 0.478 e. The summed E-state index contributed by atoms with van der Waals surface area (Å²) in [7, 11) is 0. The number of carbonyl (C=O) groups is 1. The van der Waals surface area contributed by atoms with Crippen LogP contribution in [0, 0.1) is 5.92 Å². The standard InChI is InChI=1S/C27H24Cl2O3/c1-16(2)22-15-23(21-8-3-4-9-24(21)29)25(17-10-12-20(28)13-11-17)32-26(22)18-6-5-7-19(14-18)27(30)31/h3-14,22-23,25-26H,1,15H2,2H3,(H,30,31)/t22-,23-,25+,26-/m0/s1. The molecule has 3 aromatic rings. The van der Waals surface area contributed by atoms with Gasteiger partial charge in [-0.1, -0.05) is 77.8 Å². The Morgan fingerprint density at radius 1 is 0.969 bits per heavy atom. The first-order valence-electron chi connectivity index (χ1n) is 10.5. The van der Waals surface area contributed by atoms with Crippen LogP contribution in [0.3, 0.4) is 0 Å². The second kappa shape index (κ2) is 9.50. The van der Waals surface area contributed by atoms with E-state index in [1.807, 2.05) is 61.5 Å². The maximum Gasteiger partial charge on any atom is 0.335 e. The maximum absolute atomic E-state index is 11.6. The van der Waals surface area contributed by atoms with Crippen LogP contribution in [0.4, 0.5) is 0 Å². The molecule has 4 atom stereocenters. The number of hydrogen-bond acceptors (Lipinski definition) is 2. The van der Waals surface area contributed by atoms with Gasteiger partial charge in [0.2, 0.25) is 0 Å². The summed E-state index contributed by atoms with van der Waals surface area (Å²) in [5.74, 6) is -0.952. The molecule has 0 aromatic heterocycles. The molecule has 1 aliphatic heterocycles. The smallest absolute Gasteiger partial charge is 0.335 e. The lowest BCUT2D eigenvalue weighted by atomic mass is 9.74. The minimum Gasteiger partial charge on any atom is -0.478 e. The van der Waals surface area contributed by atoms with Crippen LogP contribution in [0.1, 0.15) is 58.5 Å². The van der Waals surface area contributed by atoms with E-state index in [1.54, 1.807) is 18.2 Å². The zero-order valence-electron chi connectivity index (χ0n) is 17.7. The molecular weight excluding hydrogens is 443 g/mol. The molecule has 3 aromatic carbocycles. The summed E-state index contributed by atoms with van der Waals surface area (Å²) in [5.41, 5.74) is 4.08. The lowest BCUT2D eigenvalue weighted by Gasteiger charge is -2.43. The van der Waals surface area contributed by atoms with Gasteiger partial charge in [0, 0.05) is 21.9 Å². The van der Waals surface area contributed by atoms with Crippen LogP contribution in [0.2, 0.25) is 10.0 Å². The average molecular weight is 467 g/mol. The molecule has 3 nitrogen and oxygen atoms in total. The fraction of sp³-hybridized carbons (Fsp3) is 0.222. The molecule has 1 N–H and O–H groups in total. The fourth-order valence-corrected chi connectivity index (χ4v) is 4.92. The first-order chi connectivity index (χ1) is 15.3. The molecule has 0 bridgehead atoms. The lowest BCUT2D eigenvalue weighted by Crippen LogP contribution is -2.31. The van der Waals surface area contributed by atoms with Crippen molar-refractivity contribution in [1.29, 1.82) is 0 Å². The van der Waals surface area contributed by atoms with Crippen molar-refractivity contribution >= 4 is 29.2 Å². The topological polar surface area (TPSA) is 46.5 Å². The number of rotatable bonds is 5. The normalized spacial score (nSPS) is 23.0. The first kappa shape index (κ1) is 22.6. The van der Waals surface area contributed by atoms with Crippen molar-refractivity contribution in [3.63, 3.8) is 0 Å². The molecule has 164 valence electrons. The van der Waals surface area contributed by atoms with Crippen LogP contribution in [0.5, 0.6) is 0 Å². The van der Waals surface area contributed by atoms with Crippen molar-refractivity contribution < 1.29 is 14.6 Å². The van der Waals surface area contributed by atoms with Crippen molar-refractivity contribution in [3.05, 3.63) is 117 Å². The minimum atomic E-state index is -0.960. The Kier molecular flexibility index (Phi) is 6.71. The van der Waals surface area contributed by atoms with E-state index in [0.29, 0.717) is 10.0 Å². The van der Waals surface area contributed by atoms with E-state index < -0.39 is 5.97 Å². The van der Waals surface area contributed by atoms with Gasteiger partial charge in [-0.2, -0.15) is 0 Å². The Labute approximate surface area is 198 Å². The van der Waals surface area contributed by atoms with Gasteiger partial charge >= 0.3 is 5.97 Å². The molecule has 5 heteroatoms. The molecule has 1 heterocycles. The highest BCUT2D eigenvalue weighted by Crippen LogP contribution is 2.52. The maximum atomic E-state index is 11.6. The van der Waals surface area contributed by atoms with Crippen molar-refractivity contribution in [2.24, 2.45) is 5.92 Å². The summed E-state index contributed by atoms with van der Waals surface area (Å²) in [5, 5.41) is 10.8. The predicted molar refractivity (Wildman–Crippen MR) is 129 cm³/mol. The third-order valence-electron chi connectivity index (χ3n) is 6.13. The molecule has 32 heavy (non-hydrogen) atoms. The highest BCUT2D eigenvalue weighted by molar-refractivity contribution is 6.31. The number of carboxylic acids is 1. The number of hydrogen-bond donors (Lipinski definition) is 1. The Morgan fingerprint density at radius 2 is 1.69 bits per heavy atom. The van der Waals surface area contributed by atoms with Gasteiger partial charge in [-0.05, 0) is 60.4 Å². The van der Waals surface area contributed by atoms with Gasteiger partial charge in [0.05, 0.1) is 17.8 Å². The minimum absolute atomic E-state index is 0.00358. The first-order valence-corrected chi connectivity index (χ1v) is 11.2. The Balaban J connectivity index is 1.81. The molecule has 0 spiro atoms. The highest BCUT2D eigenvalue weighted by Gasteiger charge is 2.41. The quantitative estimate of drug-likeness (QED) is 0.389. The molecule has 1 saturated heterocycles. The summed E-state index contributed by atoms with van der Waals surface area (Å²) in [4.78, 5) is 11.6. The monoisotopic (exact) mass is 466 g/mol. The van der Waals surface area contributed by atoms with Gasteiger partial charge in [-0.3, -0.25) is 0 Å². The summed E-state index contributed by atoms with van der Waals surface area (Å²) in [6.07, 6.45) is 0.168. The molecule has 0 unspecified atom stereocenters. The summed E-state index contributed by atoms with van der Waals surface area (Å²) < 4.78 is 6.77. The van der Waals surface area contributed by atoms with Crippen LogP contribution in [0.25, 0.3) is 0 Å². The Bertz CT molecular complexity index is 1140. The van der Waals surface area contributed by atoms with Gasteiger partial charge < -0.3 is 9.84 Å². The van der Waals surface area contributed by atoms with Crippen LogP contribution >= 0.6 is 23.2 Å². The van der Waals surface area contributed by atoms with E-state index in [2.05, 4.69) is 6.58 Å². The van der Waals surface area contributed by atoms with Crippen LogP contribution < -0.4 is 0 Å². The van der Waals surface area contributed by atoms with E-state index in [1.165, 1.54) is 0 Å². The van der Waals surface area contributed by atoms with Crippen LogP contribution in [-0.2, 0) is 4.74 Å². The molecular formula is C27H24Cl2O3. The van der Waals surface area contributed by atoms with Crippen LogP contribution in [0.15, 0.2) is 84.9 Å². The second-order valence-electron chi connectivity index (χ2n) is 8.28. The van der Waals surface area contributed by atoms with Gasteiger partial charge in [-0.15, -0.1) is 0 Å². The van der Waals surface area contributed by atoms with Crippen molar-refractivity contribution in [2.75, 3.05) is 0 Å². The van der Waals surface area contributed by atoms with Crippen LogP contribution in [-0.4, -0.2) is 11.1 Å². The predicted octanol–water partition coefficient (Wildman–Crippen LogP) is 7.87. The summed E-state index contributed by atoms with van der Waals surface area (Å²) in [6.45, 7) is 6.22. The molecule has 1 fully saturated rings. The molecule has 0 amide bonds. The Morgan fingerprint density at radius 3 is 2.34 bits per heavy atom. The summed E-state index contributed by atoms with van der Waals surface area (Å²) in [6, 6.07) is 22.5. The Hall–Kier alpha value is -2.59. The SMILES string of the molecule is C=C(C)[C@@H]1C[C@@H](c2ccccc2Cl)[C@@H](c2ccc(Cl)cc2)O[C@H]1c1cccc(C(=O)O)c1. The van der Waals surface area contributed by atoms with Gasteiger partial charge in [-0.25, -0.2) is 4.79 Å². The van der Waals surface area contributed by atoms with E-state index >= 15 is 0 Å². The number of benzene rings is 3. The van der Waals surface area contributed by atoms with Gasteiger partial charge in [0.1, 0.15) is 0 Å². The molecule has 0 aliphatic carbocycles. The highest BCUT2D eigenvalue weighted by atomic mass is 35.5. The lowest BCUT2D eigenvalue weighted by molar-refractivity contribution is -0.0918. The third kappa shape index (κ3) is 4.61. The third-order valence-corrected chi connectivity index (χ3v) is 6.73. The van der Waals surface area contributed by atoms with Crippen molar-refractivity contribution in [3.8, 4) is 0 Å². The zero-order chi connectivity index (χ0) is 22.8. The number of halogens is 2. The van der Waals surface area contributed by atoms with Crippen molar-refractivity contribution in [1.82, 2.24) is 0 Å². The number of ether oxygens (including phenoxy) is 1. The average Bonchev–Trinajstić information content (AvgIpc) is 2.79. The molecule has 0 saturated carbocycles. The van der Waals surface area contributed by atoms with Gasteiger partial charge in [0.25, 0.3) is 0 Å². The second-order valence-corrected chi connectivity index (χ2v) is 9.12. The summed E-state index contributed by atoms with van der Waals surface area (Å²) >= 11 is 12.7. The zero-order valence-corrected chi connectivity index (χ0v) is 19.2. The van der Waals surface area contributed by atoms with E-state index in [-0.39, 0.29) is 29.6 Å². The molecule has 0 radical (unpaired) electrons. The van der Waals surface area contributed by atoms with E-state index in [4.69, 9.17) is 27.9 Å². The number of carboxylic acid groups (broad SMARTS) is 1. The van der Waals surface area contributed by atoms with E-state index in [0.717, 1.165) is 28.7 Å².